The molecule has 1 heterocycles. The Morgan fingerprint density at radius 2 is 2.11 bits per heavy atom. The molecule has 0 fully saturated rings. The molecule has 0 saturated heterocycles. The van der Waals surface area contributed by atoms with Gasteiger partial charge in [-0.1, -0.05) is 6.07 Å². The number of benzene rings is 1. The number of methoxy groups -OCH3 is 1. The van der Waals surface area contributed by atoms with Crippen molar-refractivity contribution in [3.63, 3.8) is 0 Å². The third kappa shape index (κ3) is 3.58. The maximum absolute atomic E-state index is 13.1. The maximum Gasteiger partial charge on any atom is 0.213 e. The predicted octanol–water partition coefficient (Wildman–Crippen LogP) is 3.55. The third-order valence-electron chi connectivity index (χ3n) is 2.53. The zero-order valence-electron chi connectivity index (χ0n) is 10.4. The first-order valence-electron chi connectivity index (χ1n) is 5.70. The quantitative estimate of drug-likeness (QED) is 0.786. The fourth-order valence-electron chi connectivity index (χ4n) is 1.60. The minimum atomic E-state index is -0.331. The van der Waals surface area contributed by atoms with Crippen LogP contribution in [0.4, 0.5) is 4.39 Å². The van der Waals surface area contributed by atoms with Gasteiger partial charge >= 0.3 is 0 Å². The van der Waals surface area contributed by atoms with Crippen molar-refractivity contribution in [2.75, 3.05) is 7.11 Å². The lowest BCUT2D eigenvalue weighted by atomic mass is 10.2. The largest absolute Gasteiger partial charge is 0.487 e. The Bertz CT molecular complexity index is 563. The van der Waals surface area contributed by atoms with Gasteiger partial charge in [-0.05, 0) is 24.3 Å². The number of aromatic nitrogens is 1. The number of pyridine rings is 1. The van der Waals surface area contributed by atoms with E-state index in [4.69, 9.17) is 21.1 Å². The van der Waals surface area contributed by atoms with Gasteiger partial charge in [-0.15, -0.1) is 11.6 Å². The smallest absolute Gasteiger partial charge is 0.213 e. The van der Waals surface area contributed by atoms with Crippen LogP contribution >= 0.6 is 11.6 Å². The van der Waals surface area contributed by atoms with Crippen LogP contribution in [0.1, 0.15) is 11.3 Å². The van der Waals surface area contributed by atoms with Gasteiger partial charge in [-0.3, -0.25) is 0 Å². The van der Waals surface area contributed by atoms with E-state index in [9.17, 15) is 4.39 Å². The van der Waals surface area contributed by atoms with E-state index >= 15 is 0 Å². The van der Waals surface area contributed by atoms with Crippen LogP contribution in [0.5, 0.6) is 11.6 Å². The van der Waals surface area contributed by atoms with Crippen molar-refractivity contribution in [1.29, 1.82) is 0 Å². The lowest BCUT2D eigenvalue weighted by Crippen LogP contribution is -2.01. The molecular formula is C14H13ClFNO2. The van der Waals surface area contributed by atoms with E-state index in [1.165, 1.54) is 12.1 Å². The molecule has 2 rings (SSSR count). The van der Waals surface area contributed by atoms with Crippen LogP contribution in [0.25, 0.3) is 0 Å². The highest BCUT2D eigenvalue weighted by atomic mass is 35.5. The second kappa shape index (κ2) is 6.38. The van der Waals surface area contributed by atoms with Gasteiger partial charge in [-0.25, -0.2) is 9.37 Å². The molecule has 0 aliphatic carbocycles. The minimum Gasteiger partial charge on any atom is -0.487 e. The SMILES string of the molecule is COc1cccc(COc2ccc(F)cc2CCl)n1. The summed E-state index contributed by atoms with van der Waals surface area (Å²) in [6.07, 6.45) is 0. The van der Waals surface area contributed by atoms with Crippen molar-refractivity contribution in [2.45, 2.75) is 12.5 Å². The van der Waals surface area contributed by atoms with Crippen LogP contribution in [-0.2, 0) is 12.5 Å². The Hall–Kier alpha value is -1.81. The molecule has 0 bridgehead atoms. The molecule has 2 aromatic rings. The maximum atomic E-state index is 13.1. The summed E-state index contributed by atoms with van der Waals surface area (Å²) in [7, 11) is 1.55. The van der Waals surface area contributed by atoms with Crippen LogP contribution in [0.3, 0.4) is 0 Å². The monoisotopic (exact) mass is 281 g/mol. The zero-order chi connectivity index (χ0) is 13.7. The van der Waals surface area contributed by atoms with Crippen LogP contribution in [0.2, 0.25) is 0 Å². The molecule has 0 amide bonds. The number of nitrogens with zero attached hydrogens (tertiary/aromatic N) is 1. The molecule has 100 valence electrons. The zero-order valence-corrected chi connectivity index (χ0v) is 11.2. The number of halogens is 2. The normalized spacial score (nSPS) is 10.3. The Morgan fingerprint density at radius 3 is 2.84 bits per heavy atom. The first-order chi connectivity index (χ1) is 9.22. The molecule has 3 nitrogen and oxygen atoms in total. The number of alkyl halides is 1. The van der Waals surface area contributed by atoms with Gasteiger partial charge in [-0.2, -0.15) is 0 Å². The Labute approximate surface area is 115 Å². The molecule has 19 heavy (non-hydrogen) atoms. The molecule has 0 aliphatic rings. The number of ether oxygens (including phenoxy) is 2. The molecular weight excluding hydrogens is 269 g/mol. The van der Waals surface area contributed by atoms with E-state index in [1.807, 2.05) is 12.1 Å². The standard InChI is InChI=1S/C14H13ClFNO2/c1-18-14-4-2-3-12(17-14)9-19-13-6-5-11(16)7-10(13)8-15/h2-7H,8-9H2,1H3. The van der Waals surface area contributed by atoms with Crippen molar-refractivity contribution in [2.24, 2.45) is 0 Å². The summed E-state index contributed by atoms with van der Waals surface area (Å²) in [5.41, 5.74) is 1.34. The van der Waals surface area contributed by atoms with Crippen LogP contribution < -0.4 is 9.47 Å². The third-order valence-corrected chi connectivity index (χ3v) is 2.82. The lowest BCUT2D eigenvalue weighted by molar-refractivity contribution is 0.295. The Morgan fingerprint density at radius 1 is 1.26 bits per heavy atom. The predicted molar refractivity (Wildman–Crippen MR) is 71.1 cm³/mol. The summed E-state index contributed by atoms with van der Waals surface area (Å²) in [5, 5.41) is 0. The number of rotatable bonds is 5. The van der Waals surface area contributed by atoms with E-state index in [0.717, 1.165) is 5.69 Å². The summed E-state index contributed by atoms with van der Waals surface area (Å²) < 4.78 is 23.7. The summed E-state index contributed by atoms with van der Waals surface area (Å²) in [6.45, 7) is 0.271. The van der Waals surface area contributed by atoms with Gasteiger partial charge < -0.3 is 9.47 Å². The van der Waals surface area contributed by atoms with E-state index < -0.39 is 0 Å². The summed E-state index contributed by atoms with van der Waals surface area (Å²) in [6, 6.07) is 9.68. The summed E-state index contributed by atoms with van der Waals surface area (Å²) >= 11 is 5.75. The fourth-order valence-corrected chi connectivity index (χ4v) is 1.81. The van der Waals surface area contributed by atoms with Crippen molar-refractivity contribution in [1.82, 2.24) is 4.98 Å². The second-order valence-corrected chi connectivity index (χ2v) is 4.11. The summed E-state index contributed by atoms with van der Waals surface area (Å²) in [4.78, 5) is 4.23. The van der Waals surface area contributed by atoms with Gasteiger partial charge in [0.25, 0.3) is 0 Å². The van der Waals surface area contributed by atoms with E-state index in [2.05, 4.69) is 4.98 Å². The molecule has 0 spiro atoms. The minimum absolute atomic E-state index is 0.193. The first-order valence-corrected chi connectivity index (χ1v) is 6.23. The molecule has 5 heteroatoms. The second-order valence-electron chi connectivity index (χ2n) is 3.85. The number of hydrogen-bond donors (Lipinski definition) is 0. The molecule has 0 unspecified atom stereocenters. The molecule has 1 aromatic heterocycles. The lowest BCUT2D eigenvalue weighted by Gasteiger charge is -2.10. The molecule has 0 radical (unpaired) electrons. The highest BCUT2D eigenvalue weighted by Gasteiger charge is 2.06. The van der Waals surface area contributed by atoms with Crippen LogP contribution in [0.15, 0.2) is 36.4 Å². The first kappa shape index (κ1) is 13.6. The average Bonchev–Trinajstić information content (AvgIpc) is 2.46. The van der Waals surface area contributed by atoms with Crippen LogP contribution in [-0.4, -0.2) is 12.1 Å². The molecule has 1 aromatic carbocycles. The van der Waals surface area contributed by atoms with Crippen molar-refractivity contribution >= 4 is 11.6 Å². The average molecular weight is 282 g/mol. The molecule has 0 N–H and O–H groups in total. The van der Waals surface area contributed by atoms with Gasteiger partial charge in [0.2, 0.25) is 5.88 Å². The highest BCUT2D eigenvalue weighted by molar-refractivity contribution is 6.17. The Balaban J connectivity index is 2.09. The van der Waals surface area contributed by atoms with Gasteiger partial charge in [0.1, 0.15) is 18.2 Å². The molecule has 0 saturated carbocycles. The highest BCUT2D eigenvalue weighted by Crippen LogP contribution is 2.22. The molecule has 0 aliphatic heterocycles. The fraction of sp³-hybridized carbons (Fsp3) is 0.214. The van der Waals surface area contributed by atoms with Crippen molar-refractivity contribution in [3.05, 3.63) is 53.5 Å². The van der Waals surface area contributed by atoms with E-state index in [-0.39, 0.29) is 18.3 Å². The van der Waals surface area contributed by atoms with Gasteiger partial charge in [0.15, 0.2) is 0 Å². The Kier molecular flexibility index (Phi) is 4.58. The van der Waals surface area contributed by atoms with Gasteiger partial charge in [0.05, 0.1) is 18.7 Å². The van der Waals surface area contributed by atoms with E-state index in [0.29, 0.717) is 17.2 Å². The van der Waals surface area contributed by atoms with Crippen molar-refractivity contribution < 1.29 is 13.9 Å². The van der Waals surface area contributed by atoms with Crippen molar-refractivity contribution in [3.8, 4) is 11.6 Å². The van der Waals surface area contributed by atoms with Crippen LogP contribution in [0, 0.1) is 5.82 Å². The van der Waals surface area contributed by atoms with Gasteiger partial charge in [0, 0.05) is 11.6 Å². The summed E-state index contributed by atoms with van der Waals surface area (Å²) in [5.74, 6) is 0.944. The molecule has 0 atom stereocenters. The topological polar surface area (TPSA) is 31.4 Å². The van der Waals surface area contributed by atoms with E-state index in [1.54, 1.807) is 19.2 Å². The number of hydrogen-bond acceptors (Lipinski definition) is 3.